The minimum absolute atomic E-state index is 0.0198. The fraction of sp³-hybridized carbons (Fsp3) is 0.333. The van der Waals surface area contributed by atoms with Gasteiger partial charge in [0, 0.05) is 24.7 Å². The summed E-state index contributed by atoms with van der Waals surface area (Å²) in [5.74, 6) is -0.302. The Hall–Kier alpha value is -2.66. The van der Waals surface area contributed by atoms with Crippen LogP contribution in [0.5, 0.6) is 0 Å². The number of morpholine rings is 1. The van der Waals surface area contributed by atoms with E-state index in [2.05, 4.69) is 10.6 Å². The molecule has 9 nitrogen and oxygen atoms in total. The molecule has 2 aromatic rings. The number of primary amides is 1. The van der Waals surface area contributed by atoms with Crippen LogP contribution in [-0.4, -0.2) is 51.0 Å². The summed E-state index contributed by atoms with van der Waals surface area (Å²) < 4.78 is 32.0. The normalized spacial score (nSPS) is 15.7. The number of amides is 3. The van der Waals surface area contributed by atoms with Crippen molar-refractivity contribution in [2.24, 2.45) is 5.73 Å². The molecule has 1 saturated heterocycles. The molecule has 0 radical (unpaired) electrons. The van der Waals surface area contributed by atoms with Crippen molar-refractivity contribution in [3.05, 3.63) is 64.7 Å². The predicted molar refractivity (Wildman–Crippen MR) is 119 cm³/mol. The van der Waals surface area contributed by atoms with Gasteiger partial charge in [0.05, 0.1) is 30.6 Å². The van der Waals surface area contributed by atoms with Crippen molar-refractivity contribution >= 4 is 33.6 Å². The van der Waals surface area contributed by atoms with Crippen LogP contribution < -0.4 is 16.4 Å². The molecular formula is C21H25ClN4O5S. The smallest absolute Gasteiger partial charge is 0.312 e. The van der Waals surface area contributed by atoms with E-state index >= 15 is 0 Å². The molecule has 172 valence electrons. The van der Waals surface area contributed by atoms with Gasteiger partial charge in [-0.05, 0) is 35.4 Å². The largest absolute Gasteiger partial charge is 0.379 e. The first kappa shape index (κ1) is 24.0. The molecule has 3 rings (SSSR count). The van der Waals surface area contributed by atoms with E-state index in [0.29, 0.717) is 36.9 Å². The van der Waals surface area contributed by atoms with Crippen LogP contribution >= 0.6 is 11.6 Å². The maximum Gasteiger partial charge on any atom is 0.312 e. The Balaban J connectivity index is 1.58. The Morgan fingerprint density at radius 1 is 1.06 bits per heavy atom. The van der Waals surface area contributed by atoms with Crippen molar-refractivity contribution in [3.63, 3.8) is 0 Å². The average molecular weight is 481 g/mol. The summed E-state index contributed by atoms with van der Waals surface area (Å²) >= 11 is 5.89. The molecule has 32 heavy (non-hydrogen) atoms. The number of halogens is 1. The minimum Gasteiger partial charge on any atom is -0.379 e. The number of carbonyl (C=O) groups is 2. The lowest BCUT2D eigenvalue weighted by Crippen LogP contribution is -2.40. The number of benzene rings is 2. The Labute approximate surface area is 191 Å². The predicted octanol–water partition coefficient (Wildman–Crippen LogP) is 1.78. The van der Waals surface area contributed by atoms with Gasteiger partial charge in [-0.3, -0.25) is 4.79 Å². The molecule has 1 heterocycles. The highest BCUT2D eigenvalue weighted by Gasteiger charge is 2.26. The topological polar surface area (TPSA) is 131 Å². The summed E-state index contributed by atoms with van der Waals surface area (Å²) in [6.07, 6.45) is -0.0198. The van der Waals surface area contributed by atoms with Gasteiger partial charge in [0.25, 0.3) is 0 Å². The third-order valence-corrected chi connectivity index (χ3v) is 7.16. The van der Waals surface area contributed by atoms with E-state index in [1.807, 2.05) is 0 Å². The van der Waals surface area contributed by atoms with Crippen molar-refractivity contribution in [2.75, 3.05) is 26.3 Å². The number of nitrogens with two attached hydrogens (primary N) is 1. The first-order chi connectivity index (χ1) is 15.3. The molecular weight excluding hydrogens is 456 g/mol. The Bertz CT molecular complexity index is 1040. The van der Waals surface area contributed by atoms with Gasteiger partial charge in [0.1, 0.15) is 0 Å². The summed E-state index contributed by atoms with van der Waals surface area (Å²) in [6, 6.07) is 11.8. The van der Waals surface area contributed by atoms with Crippen LogP contribution in [0.2, 0.25) is 5.02 Å². The number of nitrogens with zero attached hydrogens (tertiary/aromatic N) is 1. The van der Waals surface area contributed by atoms with E-state index in [-0.39, 0.29) is 23.8 Å². The fourth-order valence-electron chi connectivity index (χ4n) is 3.29. The molecule has 0 unspecified atom stereocenters. The average Bonchev–Trinajstić information content (AvgIpc) is 2.78. The minimum atomic E-state index is -3.57. The number of sulfonamides is 1. The Morgan fingerprint density at radius 2 is 1.69 bits per heavy atom. The molecule has 0 aliphatic carbocycles. The van der Waals surface area contributed by atoms with Crippen molar-refractivity contribution in [3.8, 4) is 0 Å². The van der Waals surface area contributed by atoms with Crippen molar-refractivity contribution in [2.45, 2.75) is 23.9 Å². The van der Waals surface area contributed by atoms with Crippen LogP contribution in [0.15, 0.2) is 53.4 Å². The highest BCUT2D eigenvalue weighted by molar-refractivity contribution is 7.89. The highest BCUT2D eigenvalue weighted by Crippen LogP contribution is 2.20. The second-order valence-corrected chi connectivity index (χ2v) is 9.63. The Morgan fingerprint density at radius 3 is 2.28 bits per heavy atom. The summed E-state index contributed by atoms with van der Waals surface area (Å²) in [4.78, 5) is 24.0. The standard InChI is InChI=1S/C21H25ClN4O5S/c22-17-5-3-16(4-6-17)19(25-21(23)28)13-20(27)24-14-15-1-7-18(8-2-15)32(29,30)26-9-11-31-12-10-26/h1-8,19H,9-14H2,(H,24,27)(H3,23,25,28)/t19-/m0/s1. The third kappa shape index (κ3) is 6.42. The van der Waals surface area contributed by atoms with Crippen LogP contribution in [0.3, 0.4) is 0 Å². The lowest BCUT2D eigenvalue weighted by molar-refractivity contribution is -0.121. The number of carbonyl (C=O) groups excluding carboxylic acids is 2. The van der Waals surface area contributed by atoms with E-state index in [4.69, 9.17) is 22.1 Å². The molecule has 1 aliphatic heterocycles. The number of urea groups is 1. The van der Waals surface area contributed by atoms with E-state index < -0.39 is 22.1 Å². The van der Waals surface area contributed by atoms with Crippen molar-refractivity contribution in [1.82, 2.24) is 14.9 Å². The maximum absolute atomic E-state index is 12.7. The number of hydrogen-bond acceptors (Lipinski definition) is 5. The molecule has 11 heteroatoms. The molecule has 3 amide bonds. The second kappa shape index (κ2) is 10.8. The van der Waals surface area contributed by atoms with Gasteiger partial charge >= 0.3 is 6.03 Å². The monoisotopic (exact) mass is 480 g/mol. The molecule has 1 atom stereocenters. The molecule has 1 aliphatic rings. The fourth-order valence-corrected chi connectivity index (χ4v) is 4.83. The lowest BCUT2D eigenvalue weighted by atomic mass is 10.0. The van der Waals surface area contributed by atoms with Gasteiger partial charge in [0.2, 0.25) is 15.9 Å². The van der Waals surface area contributed by atoms with Gasteiger partial charge < -0.3 is 21.1 Å². The summed E-state index contributed by atoms with van der Waals surface area (Å²) in [5, 5.41) is 5.86. The zero-order valence-corrected chi connectivity index (χ0v) is 18.9. The molecule has 0 saturated carbocycles. The first-order valence-corrected chi connectivity index (χ1v) is 11.8. The van der Waals surface area contributed by atoms with E-state index in [9.17, 15) is 18.0 Å². The van der Waals surface area contributed by atoms with Gasteiger partial charge in [-0.2, -0.15) is 4.31 Å². The van der Waals surface area contributed by atoms with Crippen LogP contribution in [0.25, 0.3) is 0 Å². The van der Waals surface area contributed by atoms with Crippen LogP contribution in [0, 0.1) is 0 Å². The summed E-state index contributed by atoms with van der Waals surface area (Å²) in [7, 11) is -3.57. The molecule has 0 spiro atoms. The maximum atomic E-state index is 12.7. The number of rotatable bonds is 8. The number of nitrogens with one attached hydrogen (secondary N) is 2. The number of hydrogen-bond donors (Lipinski definition) is 3. The lowest BCUT2D eigenvalue weighted by Gasteiger charge is -2.26. The van der Waals surface area contributed by atoms with E-state index in [1.54, 1.807) is 36.4 Å². The molecule has 0 bridgehead atoms. The van der Waals surface area contributed by atoms with E-state index in [0.717, 1.165) is 5.56 Å². The Kier molecular flexibility index (Phi) is 8.08. The highest BCUT2D eigenvalue weighted by atomic mass is 35.5. The molecule has 0 aromatic heterocycles. The van der Waals surface area contributed by atoms with Gasteiger partial charge in [-0.15, -0.1) is 0 Å². The van der Waals surface area contributed by atoms with E-state index in [1.165, 1.54) is 16.4 Å². The summed E-state index contributed by atoms with van der Waals surface area (Å²) in [6.45, 7) is 1.62. The second-order valence-electron chi connectivity index (χ2n) is 7.25. The van der Waals surface area contributed by atoms with Gasteiger partial charge in [-0.25, -0.2) is 13.2 Å². The van der Waals surface area contributed by atoms with Crippen molar-refractivity contribution < 1.29 is 22.7 Å². The first-order valence-electron chi connectivity index (χ1n) is 10.0. The van der Waals surface area contributed by atoms with Gasteiger partial charge in [0.15, 0.2) is 0 Å². The van der Waals surface area contributed by atoms with Crippen molar-refractivity contribution in [1.29, 1.82) is 0 Å². The molecule has 1 fully saturated rings. The van der Waals surface area contributed by atoms with Crippen LogP contribution in [-0.2, 0) is 26.1 Å². The number of ether oxygens (including phenoxy) is 1. The molecule has 4 N–H and O–H groups in total. The third-order valence-electron chi connectivity index (χ3n) is 5.00. The van der Waals surface area contributed by atoms with Crippen LogP contribution in [0.4, 0.5) is 4.79 Å². The van der Waals surface area contributed by atoms with Crippen LogP contribution in [0.1, 0.15) is 23.6 Å². The zero-order valence-electron chi connectivity index (χ0n) is 17.3. The quantitative estimate of drug-likeness (QED) is 0.530. The van der Waals surface area contributed by atoms with Gasteiger partial charge in [-0.1, -0.05) is 35.9 Å². The zero-order chi connectivity index (χ0) is 23.1. The molecule has 2 aromatic carbocycles. The SMILES string of the molecule is NC(=O)N[C@@H](CC(=O)NCc1ccc(S(=O)(=O)N2CCOCC2)cc1)c1ccc(Cl)cc1. The summed E-state index contributed by atoms with van der Waals surface area (Å²) in [5.41, 5.74) is 6.67.